The summed E-state index contributed by atoms with van der Waals surface area (Å²) >= 11 is 3.66. The van der Waals surface area contributed by atoms with Crippen molar-refractivity contribution in [2.75, 3.05) is 0 Å². The molecule has 3 N–H and O–H groups in total. The third-order valence-electron chi connectivity index (χ3n) is 3.13. The van der Waals surface area contributed by atoms with Gasteiger partial charge >= 0.3 is 0 Å². The SMILES string of the molecule is CCc1nn(CC)c(CC(NN)C(C)C)c1Br. The van der Waals surface area contributed by atoms with E-state index in [9.17, 15) is 0 Å². The van der Waals surface area contributed by atoms with Crippen LogP contribution in [0.3, 0.4) is 0 Å². The standard InChI is InChI=1S/C12H23BrN4/c1-5-9-12(13)11(17(6-2)16-9)7-10(15-14)8(3)4/h8,10,15H,5-7,14H2,1-4H3. The van der Waals surface area contributed by atoms with Gasteiger partial charge in [-0.05, 0) is 35.2 Å². The third-order valence-corrected chi connectivity index (χ3v) is 4.04. The van der Waals surface area contributed by atoms with E-state index in [1.54, 1.807) is 0 Å². The van der Waals surface area contributed by atoms with E-state index in [1.165, 1.54) is 5.69 Å². The normalized spacial score (nSPS) is 13.4. The molecule has 0 fully saturated rings. The molecule has 0 saturated heterocycles. The second kappa shape index (κ2) is 6.52. The summed E-state index contributed by atoms with van der Waals surface area (Å²) in [6.45, 7) is 9.47. The molecule has 4 nitrogen and oxygen atoms in total. The average Bonchev–Trinajstić information content (AvgIpc) is 2.62. The number of aromatic nitrogens is 2. The van der Waals surface area contributed by atoms with Crippen LogP contribution in [0, 0.1) is 5.92 Å². The maximum atomic E-state index is 5.61. The summed E-state index contributed by atoms with van der Waals surface area (Å²) in [5, 5.41) is 4.59. The Kier molecular flexibility index (Phi) is 5.62. The summed E-state index contributed by atoms with van der Waals surface area (Å²) in [5.41, 5.74) is 5.26. The number of nitrogens with two attached hydrogens (primary N) is 1. The molecule has 98 valence electrons. The average molecular weight is 303 g/mol. The van der Waals surface area contributed by atoms with Crippen LogP contribution in [0.5, 0.6) is 0 Å². The second-order valence-corrected chi connectivity index (χ2v) is 5.39. The van der Waals surface area contributed by atoms with Crippen LogP contribution in [-0.4, -0.2) is 15.8 Å². The monoisotopic (exact) mass is 302 g/mol. The van der Waals surface area contributed by atoms with Gasteiger partial charge in [0, 0.05) is 19.0 Å². The number of halogens is 1. The van der Waals surface area contributed by atoms with Gasteiger partial charge in [0.1, 0.15) is 0 Å². The van der Waals surface area contributed by atoms with E-state index < -0.39 is 0 Å². The lowest BCUT2D eigenvalue weighted by Crippen LogP contribution is -2.41. The van der Waals surface area contributed by atoms with Gasteiger partial charge in [0.2, 0.25) is 0 Å². The first-order valence-electron chi connectivity index (χ1n) is 6.25. The van der Waals surface area contributed by atoms with Crippen LogP contribution >= 0.6 is 15.9 Å². The predicted octanol–water partition coefficient (Wildman–Crippen LogP) is 2.26. The van der Waals surface area contributed by atoms with Gasteiger partial charge in [0.15, 0.2) is 0 Å². The first-order valence-corrected chi connectivity index (χ1v) is 7.04. The molecule has 0 aliphatic heterocycles. The van der Waals surface area contributed by atoms with E-state index in [0.29, 0.717) is 5.92 Å². The highest BCUT2D eigenvalue weighted by atomic mass is 79.9. The first kappa shape index (κ1) is 14.7. The molecule has 0 saturated carbocycles. The number of nitrogens with zero attached hydrogens (tertiary/aromatic N) is 2. The second-order valence-electron chi connectivity index (χ2n) is 4.60. The Morgan fingerprint density at radius 2 is 2.06 bits per heavy atom. The minimum atomic E-state index is 0.276. The maximum Gasteiger partial charge on any atom is 0.0766 e. The van der Waals surface area contributed by atoms with Crippen molar-refractivity contribution in [1.29, 1.82) is 0 Å². The van der Waals surface area contributed by atoms with Crippen molar-refractivity contribution in [3.63, 3.8) is 0 Å². The largest absolute Gasteiger partial charge is 0.271 e. The van der Waals surface area contributed by atoms with E-state index in [-0.39, 0.29) is 6.04 Å². The molecule has 5 heteroatoms. The third kappa shape index (κ3) is 3.30. The lowest BCUT2D eigenvalue weighted by molar-refractivity contribution is 0.393. The van der Waals surface area contributed by atoms with Gasteiger partial charge in [-0.1, -0.05) is 20.8 Å². The number of rotatable bonds is 6. The Balaban J connectivity index is 2.99. The molecule has 0 spiro atoms. The zero-order valence-corrected chi connectivity index (χ0v) is 12.7. The van der Waals surface area contributed by atoms with Crippen LogP contribution < -0.4 is 11.3 Å². The minimum absolute atomic E-state index is 0.276. The van der Waals surface area contributed by atoms with Gasteiger partial charge in [-0.25, -0.2) is 0 Å². The Labute approximate surface area is 112 Å². The molecule has 0 amide bonds. The van der Waals surface area contributed by atoms with Crippen molar-refractivity contribution >= 4 is 15.9 Å². The summed E-state index contributed by atoms with van der Waals surface area (Å²) in [6.07, 6.45) is 1.85. The molecule has 0 aromatic carbocycles. The van der Waals surface area contributed by atoms with Gasteiger partial charge in [-0.15, -0.1) is 0 Å². The molecule has 0 aliphatic rings. The summed E-state index contributed by atoms with van der Waals surface area (Å²) in [5.74, 6) is 6.10. The van der Waals surface area contributed by atoms with Gasteiger partial charge in [-0.2, -0.15) is 5.10 Å². The van der Waals surface area contributed by atoms with E-state index in [0.717, 1.165) is 29.6 Å². The molecule has 1 rings (SSSR count). The van der Waals surface area contributed by atoms with Crippen molar-refractivity contribution in [3.05, 3.63) is 15.9 Å². The van der Waals surface area contributed by atoms with E-state index in [1.807, 2.05) is 0 Å². The molecular weight excluding hydrogens is 280 g/mol. The topological polar surface area (TPSA) is 55.9 Å². The van der Waals surface area contributed by atoms with Crippen molar-refractivity contribution in [3.8, 4) is 0 Å². The quantitative estimate of drug-likeness (QED) is 0.626. The maximum absolute atomic E-state index is 5.61. The van der Waals surface area contributed by atoms with E-state index in [4.69, 9.17) is 5.84 Å². The van der Waals surface area contributed by atoms with Crippen molar-refractivity contribution in [2.24, 2.45) is 11.8 Å². The fourth-order valence-corrected chi connectivity index (χ4v) is 2.63. The Morgan fingerprint density at radius 3 is 2.47 bits per heavy atom. The molecular formula is C12H23BrN4. The van der Waals surface area contributed by atoms with Gasteiger partial charge in [-0.3, -0.25) is 16.0 Å². The minimum Gasteiger partial charge on any atom is -0.271 e. The van der Waals surface area contributed by atoms with Crippen molar-refractivity contribution in [1.82, 2.24) is 15.2 Å². The lowest BCUT2D eigenvalue weighted by Gasteiger charge is -2.20. The Morgan fingerprint density at radius 1 is 1.41 bits per heavy atom. The number of hydrogen-bond acceptors (Lipinski definition) is 3. The van der Waals surface area contributed by atoms with Crippen molar-refractivity contribution < 1.29 is 0 Å². The highest BCUT2D eigenvalue weighted by Crippen LogP contribution is 2.24. The van der Waals surface area contributed by atoms with Crippen LogP contribution in [0.2, 0.25) is 0 Å². The van der Waals surface area contributed by atoms with E-state index in [2.05, 4.69) is 58.8 Å². The zero-order valence-electron chi connectivity index (χ0n) is 11.1. The van der Waals surface area contributed by atoms with Crippen LogP contribution in [0.25, 0.3) is 0 Å². The summed E-state index contributed by atoms with van der Waals surface area (Å²) in [4.78, 5) is 0. The fraction of sp³-hybridized carbons (Fsp3) is 0.750. The molecule has 1 aromatic rings. The molecule has 1 heterocycles. The van der Waals surface area contributed by atoms with Crippen LogP contribution in [0.15, 0.2) is 4.47 Å². The number of hydrogen-bond donors (Lipinski definition) is 2. The predicted molar refractivity (Wildman–Crippen MR) is 74.6 cm³/mol. The molecule has 0 bridgehead atoms. The zero-order chi connectivity index (χ0) is 13.0. The Hall–Kier alpha value is -0.390. The first-order chi connectivity index (χ1) is 8.04. The van der Waals surface area contributed by atoms with Crippen LogP contribution in [0.4, 0.5) is 0 Å². The van der Waals surface area contributed by atoms with Crippen LogP contribution in [-0.2, 0) is 19.4 Å². The highest BCUT2D eigenvalue weighted by molar-refractivity contribution is 9.10. The smallest absolute Gasteiger partial charge is 0.0766 e. The van der Waals surface area contributed by atoms with Gasteiger partial charge in [0.05, 0.1) is 15.9 Å². The molecule has 0 radical (unpaired) electrons. The number of nitrogens with one attached hydrogen (secondary N) is 1. The fourth-order valence-electron chi connectivity index (χ4n) is 1.91. The Bertz CT molecular complexity index is 360. The van der Waals surface area contributed by atoms with Gasteiger partial charge < -0.3 is 0 Å². The summed E-state index contributed by atoms with van der Waals surface area (Å²) in [7, 11) is 0. The molecule has 0 aliphatic carbocycles. The van der Waals surface area contributed by atoms with Crippen LogP contribution in [0.1, 0.15) is 39.1 Å². The summed E-state index contributed by atoms with van der Waals surface area (Å²) in [6, 6.07) is 0.276. The van der Waals surface area contributed by atoms with E-state index >= 15 is 0 Å². The van der Waals surface area contributed by atoms with Crippen molar-refractivity contribution in [2.45, 2.75) is 53.1 Å². The molecule has 1 aromatic heterocycles. The van der Waals surface area contributed by atoms with Gasteiger partial charge in [0.25, 0.3) is 0 Å². The lowest BCUT2D eigenvalue weighted by atomic mass is 10.00. The number of hydrazine groups is 1. The highest BCUT2D eigenvalue weighted by Gasteiger charge is 2.19. The summed E-state index contributed by atoms with van der Waals surface area (Å²) < 4.78 is 3.21. The molecule has 1 atom stereocenters. The number of aryl methyl sites for hydroxylation is 2. The molecule has 1 unspecified atom stereocenters. The molecule has 17 heavy (non-hydrogen) atoms.